The molecular formula is C17H14N6O2. The van der Waals surface area contributed by atoms with Gasteiger partial charge in [0.2, 0.25) is 23.6 Å². The second-order valence-corrected chi connectivity index (χ2v) is 5.40. The maximum atomic E-state index is 12.1. The lowest BCUT2D eigenvalue weighted by Crippen LogP contribution is -2.13. The summed E-state index contributed by atoms with van der Waals surface area (Å²) in [5, 5.41) is 6.65. The number of aromatic nitrogens is 5. The molecule has 0 spiro atoms. The fourth-order valence-corrected chi connectivity index (χ4v) is 2.40. The Morgan fingerprint density at radius 3 is 2.80 bits per heavy atom. The lowest BCUT2D eigenvalue weighted by atomic mass is 10.2. The molecule has 0 saturated carbocycles. The molecule has 0 atom stereocenters. The molecule has 0 unspecified atom stereocenters. The van der Waals surface area contributed by atoms with E-state index in [0.717, 1.165) is 16.6 Å². The summed E-state index contributed by atoms with van der Waals surface area (Å²) in [6.07, 6.45) is 3.89. The lowest BCUT2D eigenvalue weighted by molar-refractivity contribution is -0.116. The van der Waals surface area contributed by atoms with Gasteiger partial charge in [0.1, 0.15) is 0 Å². The van der Waals surface area contributed by atoms with Crippen LogP contribution in [0.2, 0.25) is 0 Å². The molecule has 0 aliphatic heterocycles. The van der Waals surface area contributed by atoms with E-state index in [2.05, 4.69) is 30.4 Å². The number of benzene rings is 1. The minimum Gasteiger partial charge on any atom is -0.339 e. The van der Waals surface area contributed by atoms with Gasteiger partial charge in [-0.1, -0.05) is 17.3 Å². The third-order valence-corrected chi connectivity index (χ3v) is 3.62. The second-order valence-electron chi connectivity index (χ2n) is 5.40. The van der Waals surface area contributed by atoms with Crippen LogP contribution in [-0.2, 0) is 11.2 Å². The van der Waals surface area contributed by atoms with Crippen LogP contribution >= 0.6 is 0 Å². The number of aromatic amines is 1. The number of fused-ring (bicyclic) bond motifs is 1. The van der Waals surface area contributed by atoms with Crippen LogP contribution < -0.4 is 5.32 Å². The van der Waals surface area contributed by atoms with Crippen molar-refractivity contribution in [2.24, 2.45) is 0 Å². The molecule has 8 nitrogen and oxygen atoms in total. The van der Waals surface area contributed by atoms with E-state index < -0.39 is 0 Å². The predicted molar refractivity (Wildman–Crippen MR) is 90.6 cm³/mol. The SMILES string of the molecule is O=C(CCc1nc(-c2ccncc2)no1)Nc1nc2ccccc2[nH]1. The Balaban J connectivity index is 1.36. The van der Waals surface area contributed by atoms with Crippen molar-refractivity contribution in [1.82, 2.24) is 25.1 Å². The topological polar surface area (TPSA) is 110 Å². The monoisotopic (exact) mass is 334 g/mol. The molecule has 1 aromatic carbocycles. The highest BCUT2D eigenvalue weighted by molar-refractivity contribution is 5.91. The number of H-pyrrole nitrogens is 1. The van der Waals surface area contributed by atoms with Crippen molar-refractivity contribution in [2.75, 3.05) is 5.32 Å². The molecule has 1 amide bonds. The normalized spacial score (nSPS) is 10.9. The summed E-state index contributed by atoms with van der Waals surface area (Å²) >= 11 is 0. The first-order valence-corrected chi connectivity index (χ1v) is 7.75. The van der Waals surface area contributed by atoms with Crippen molar-refractivity contribution in [3.63, 3.8) is 0 Å². The fraction of sp³-hybridized carbons (Fsp3) is 0.118. The lowest BCUT2D eigenvalue weighted by Gasteiger charge is -1.99. The summed E-state index contributed by atoms with van der Waals surface area (Å²) < 4.78 is 5.18. The molecule has 8 heteroatoms. The molecule has 25 heavy (non-hydrogen) atoms. The molecule has 4 aromatic rings. The molecule has 2 N–H and O–H groups in total. The van der Waals surface area contributed by atoms with Gasteiger partial charge in [-0.25, -0.2) is 4.98 Å². The smallest absolute Gasteiger partial charge is 0.227 e. The summed E-state index contributed by atoms with van der Waals surface area (Å²) in [6.45, 7) is 0. The van der Waals surface area contributed by atoms with Crippen molar-refractivity contribution < 1.29 is 9.32 Å². The first kappa shape index (κ1) is 15.0. The Kier molecular flexibility index (Phi) is 3.91. The number of hydrogen-bond donors (Lipinski definition) is 2. The molecule has 3 heterocycles. The number of imidazole rings is 1. The van der Waals surface area contributed by atoms with Gasteiger partial charge >= 0.3 is 0 Å². The standard InChI is InChI=1S/C17H14N6O2/c24-14(21-17-19-12-3-1-2-4-13(12)20-17)5-6-15-22-16(23-25-15)11-7-9-18-10-8-11/h1-4,7-10H,5-6H2,(H2,19,20,21,24). The molecule has 124 valence electrons. The number of hydrogen-bond acceptors (Lipinski definition) is 6. The minimum absolute atomic E-state index is 0.178. The van der Waals surface area contributed by atoms with Crippen molar-refractivity contribution >= 4 is 22.9 Å². The number of carbonyl (C=O) groups is 1. The van der Waals surface area contributed by atoms with Crippen LogP contribution in [0.5, 0.6) is 0 Å². The van der Waals surface area contributed by atoms with E-state index in [-0.39, 0.29) is 12.3 Å². The van der Waals surface area contributed by atoms with Crippen molar-refractivity contribution in [1.29, 1.82) is 0 Å². The molecule has 0 fully saturated rings. The summed E-state index contributed by atoms with van der Waals surface area (Å²) in [7, 11) is 0. The maximum Gasteiger partial charge on any atom is 0.227 e. The highest BCUT2D eigenvalue weighted by atomic mass is 16.5. The zero-order valence-corrected chi connectivity index (χ0v) is 13.1. The number of nitrogens with zero attached hydrogens (tertiary/aromatic N) is 4. The van der Waals surface area contributed by atoms with Gasteiger partial charge < -0.3 is 9.51 Å². The molecule has 4 rings (SSSR count). The van der Waals surface area contributed by atoms with E-state index in [9.17, 15) is 4.79 Å². The van der Waals surface area contributed by atoms with Gasteiger partial charge in [0.25, 0.3) is 0 Å². The average molecular weight is 334 g/mol. The van der Waals surface area contributed by atoms with Gasteiger partial charge in [0.05, 0.1) is 11.0 Å². The number of nitrogens with one attached hydrogen (secondary N) is 2. The first-order chi connectivity index (χ1) is 12.3. The molecule has 0 saturated heterocycles. The van der Waals surface area contributed by atoms with E-state index in [1.807, 2.05) is 24.3 Å². The van der Waals surface area contributed by atoms with E-state index in [0.29, 0.717) is 24.1 Å². The predicted octanol–water partition coefficient (Wildman–Crippen LogP) is 2.58. The van der Waals surface area contributed by atoms with E-state index in [1.54, 1.807) is 24.5 Å². The van der Waals surface area contributed by atoms with Crippen molar-refractivity contribution in [3.05, 3.63) is 54.7 Å². The molecule has 3 aromatic heterocycles. The number of carbonyl (C=O) groups excluding carboxylic acids is 1. The molecule has 0 bridgehead atoms. The summed E-state index contributed by atoms with van der Waals surface area (Å²) in [6, 6.07) is 11.2. The van der Waals surface area contributed by atoms with Crippen LogP contribution in [0.25, 0.3) is 22.4 Å². The minimum atomic E-state index is -0.178. The largest absolute Gasteiger partial charge is 0.339 e. The van der Waals surface area contributed by atoms with Crippen LogP contribution in [0.4, 0.5) is 5.95 Å². The Hall–Kier alpha value is -3.55. The molecule has 0 radical (unpaired) electrons. The number of rotatable bonds is 5. The number of anilines is 1. The molecular weight excluding hydrogens is 320 g/mol. The second kappa shape index (κ2) is 6.52. The van der Waals surface area contributed by atoms with Gasteiger partial charge in [-0.15, -0.1) is 0 Å². The van der Waals surface area contributed by atoms with Gasteiger partial charge in [-0.2, -0.15) is 4.98 Å². The molecule has 0 aliphatic carbocycles. The van der Waals surface area contributed by atoms with Gasteiger partial charge in [-0.3, -0.25) is 15.1 Å². The average Bonchev–Trinajstić information content (AvgIpc) is 3.27. The maximum absolute atomic E-state index is 12.1. The third-order valence-electron chi connectivity index (χ3n) is 3.62. The Bertz CT molecular complexity index is 975. The third kappa shape index (κ3) is 3.37. The number of para-hydroxylation sites is 2. The first-order valence-electron chi connectivity index (χ1n) is 7.75. The van der Waals surface area contributed by atoms with Crippen LogP contribution in [0.1, 0.15) is 12.3 Å². The number of pyridine rings is 1. The Morgan fingerprint density at radius 2 is 1.96 bits per heavy atom. The molecule has 0 aliphatic rings. The number of amides is 1. The summed E-state index contributed by atoms with van der Waals surface area (Å²) in [5.41, 5.74) is 2.49. The summed E-state index contributed by atoms with van der Waals surface area (Å²) in [5.74, 6) is 1.14. The van der Waals surface area contributed by atoms with Crippen LogP contribution in [0, 0.1) is 0 Å². The van der Waals surface area contributed by atoms with Crippen molar-refractivity contribution in [3.8, 4) is 11.4 Å². The van der Waals surface area contributed by atoms with Crippen LogP contribution in [0.3, 0.4) is 0 Å². The fourth-order valence-electron chi connectivity index (χ4n) is 2.40. The highest BCUT2D eigenvalue weighted by Crippen LogP contribution is 2.16. The van der Waals surface area contributed by atoms with Gasteiger partial charge in [0, 0.05) is 30.8 Å². The summed E-state index contributed by atoms with van der Waals surface area (Å²) in [4.78, 5) is 27.7. The van der Waals surface area contributed by atoms with Gasteiger partial charge in [-0.05, 0) is 24.3 Å². The van der Waals surface area contributed by atoms with Gasteiger partial charge in [0.15, 0.2) is 0 Å². The van der Waals surface area contributed by atoms with E-state index in [4.69, 9.17) is 4.52 Å². The van der Waals surface area contributed by atoms with E-state index >= 15 is 0 Å². The zero-order chi connectivity index (χ0) is 17.1. The number of aryl methyl sites for hydroxylation is 1. The van der Waals surface area contributed by atoms with Crippen molar-refractivity contribution in [2.45, 2.75) is 12.8 Å². The van der Waals surface area contributed by atoms with Crippen LogP contribution in [-0.4, -0.2) is 31.0 Å². The zero-order valence-electron chi connectivity index (χ0n) is 13.1. The van der Waals surface area contributed by atoms with Crippen LogP contribution in [0.15, 0.2) is 53.3 Å². The quantitative estimate of drug-likeness (QED) is 0.580. The highest BCUT2D eigenvalue weighted by Gasteiger charge is 2.12. The van der Waals surface area contributed by atoms with E-state index in [1.165, 1.54) is 0 Å². The Labute approximate surface area is 142 Å². The Morgan fingerprint density at radius 1 is 1.12 bits per heavy atom.